The number of hydrogen-bond acceptors (Lipinski definition) is 7. The predicted molar refractivity (Wildman–Crippen MR) is 120 cm³/mol. The summed E-state index contributed by atoms with van der Waals surface area (Å²) in [5, 5.41) is 2.69. The molecule has 0 spiro atoms. The second-order valence-electron chi connectivity index (χ2n) is 8.98. The van der Waals surface area contributed by atoms with E-state index in [9.17, 15) is 14.0 Å². The number of halogens is 1. The first-order valence-corrected chi connectivity index (χ1v) is 10.6. The summed E-state index contributed by atoms with van der Waals surface area (Å²) in [4.78, 5) is 32.7. The van der Waals surface area contributed by atoms with E-state index in [0.717, 1.165) is 6.20 Å². The van der Waals surface area contributed by atoms with Crippen LogP contribution in [-0.4, -0.2) is 52.9 Å². The molecule has 3 rings (SSSR count). The normalized spacial score (nSPS) is 23.5. The first-order chi connectivity index (χ1) is 15.5. The van der Waals surface area contributed by atoms with Gasteiger partial charge < -0.3 is 25.3 Å². The van der Waals surface area contributed by atoms with Crippen LogP contribution in [0.15, 0.2) is 24.4 Å². The van der Waals surface area contributed by atoms with Crippen molar-refractivity contribution in [3.63, 3.8) is 0 Å². The molecule has 1 saturated heterocycles. The minimum Gasteiger partial charge on any atom is -0.481 e. The first-order valence-electron chi connectivity index (χ1n) is 10.6. The molecule has 10 heteroatoms. The van der Waals surface area contributed by atoms with Crippen LogP contribution < -0.4 is 15.8 Å². The van der Waals surface area contributed by atoms with Crippen molar-refractivity contribution in [3.8, 4) is 5.88 Å². The number of ether oxygens (including phenoxy) is 3. The summed E-state index contributed by atoms with van der Waals surface area (Å²) in [6.45, 7) is 7.10. The summed E-state index contributed by atoms with van der Waals surface area (Å²) in [5.41, 5.74) is 5.93. The second-order valence-corrected chi connectivity index (χ2v) is 8.98. The van der Waals surface area contributed by atoms with Crippen LogP contribution in [0, 0.1) is 11.7 Å². The number of nitrogens with two attached hydrogens (primary N) is 1. The van der Waals surface area contributed by atoms with Gasteiger partial charge in [0.1, 0.15) is 11.1 Å². The lowest BCUT2D eigenvalue weighted by Crippen LogP contribution is -2.58. The zero-order valence-corrected chi connectivity index (χ0v) is 19.3. The zero-order chi connectivity index (χ0) is 24.3. The third-order valence-electron chi connectivity index (χ3n) is 5.19. The van der Waals surface area contributed by atoms with Gasteiger partial charge in [0.2, 0.25) is 11.8 Å². The summed E-state index contributed by atoms with van der Waals surface area (Å²) in [7, 11) is 1.47. The number of carbonyl (C=O) groups excluding carboxylic acids is 2. The van der Waals surface area contributed by atoms with E-state index in [1.54, 1.807) is 45.1 Å². The van der Waals surface area contributed by atoms with Crippen molar-refractivity contribution < 1.29 is 28.2 Å². The van der Waals surface area contributed by atoms with E-state index in [2.05, 4.69) is 15.3 Å². The molecule has 0 aliphatic carbocycles. The lowest BCUT2D eigenvalue weighted by atomic mass is 9.87. The van der Waals surface area contributed by atoms with Crippen molar-refractivity contribution in [1.29, 1.82) is 0 Å². The van der Waals surface area contributed by atoms with Crippen molar-refractivity contribution in [1.82, 2.24) is 15.3 Å². The minimum absolute atomic E-state index is 0.171. The monoisotopic (exact) mass is 460 g/mol. The lowest BCUT2D eigenvalue weighted by Gasteiger charge is -2.39. The minimum atomic E-state index is -1.08. The largest absolute Gasteiger partial charge is 0.481 e. The summed E-state index contributed by atoms with van der Waals surface area (Å²) in [6, 6.07) is 2.67. The third-order valence-corrected chi connectivity index (χ3v) is 5.19. The smallest absolute Gasteiger partial charge is 0.407 e. The summed E-state index contributed by atoms with van der Waals surface area (Å²) >= 11 is 0. The highest BCUT2D eigenvalue weighted by molar-refractivity contribution is 5.85. The highest BCUT2D eigenvalue weighted by Gasteiger charge is 2.40. The van der Waals surface area contributed by atoms with E-state index in [-0.39, 0.29) is 11.5 Å². The van der Waals surface area contributed by atoms with E-state index >= 15 is 0 Å². The molecule has 0 bridgehead atoms. The van der Waals surface area contributed by atoms with Gasteiger partial charge in [0.15, 0.2) is 11.9 Å². The van der Waals surface area contributed by atoms with Gasteiger partial charge in [0.25, 0.3) is 0 Å². The predicted octanol–water partition coefficient (Wildman–Crippen LogP) is 2.96. The van der Waals surface area contributed by atoms with Crippen LogP contribution in [0.2, 0.25) is 0 Å². The molecule has 0 saturated carbocycles. The van der Waals surface area contributed by atoms with E-state index < -0.39 is 41.7 Å². The maximum Gasteiger partial charge on any atom is 0.407 e. The van der Waals surface area contributed by atoms with Crippen LogP contribution in [0.3, 0.4) is 0 Å². The second kappa shape index (κ2) is 9.70. The average molecular weight is 461 g/mol. The number of hydrogen-bond donors (Lipinski definition) is 2. The molecular formula is C23H29FN4O5. The van der Waals surface area contributed by atoms with Crippen molar-refractivity contribution in [2.24, 2.45) is 11.7 Å². The summed E-state index contributed by atoms with van der Waals surface area (Å²) in [5.74, 6) is -1.11. The number of carbonyl (C=O) groups is 2. The Balaban J connectivity index is 1.82. The topological polar surface area (TPSA) is 126 Å². The number of amides is 2. The number of rotatable bonds is 5. The third kappa shape index (κ3) is 5.95. The Kier molecular flexibility index (Phi) is 7.16. The van der Waals surface area contributed by atoms with Gasteiger partial charge in [-0.15, -0.1) is 0 Å². The van der Waals surface area contributed by atoms with Crippen molar-refractivity contribution >= 4 is 29.1 Å². The van der Waals surface area contributed by atoms with Crippen LogP contribution in [0.25, 0.3) is 17.1 Å². The highest BCUT2D eigenvalue weighted by atomic mass is 19.1. The number of methoxy groups -OCH3 is 1. The van der Waals surface area contributed by atoms with Crippen molar-refractivity contribution in [2.45, 2.75) is 58.0 Å². The molecule has 2 aromatic heterocycles. The van der Waals surface area contributed by atoms with Gasteiger partial charge in [-0.05, 0) is 39.2 Å². The van der Waals surface area contributed by atoms with Gasteiger partial charge in [-0.3, -0.25) is 9.78 Å². The van der Waals surface area contributed by atoms with E-state index in [4.69, 9.17) is 19.9 Å². The van der Waals surface area contributed by atoms with Crippen molar-refractivity contribution in [3.05, 3.63) is 35.8 Å². The number of primary amides is 1. The fourth-order valence-corrected chi connectivity index (χ4v) is 3.69. The Morgan fingerprint density at radius 2 is 2.06 bits per heavy atom. The molecule has 1 aliphatic rings. The van der Waals surface area contributed by atoms with Gasteiger partial charge in [-0.1, -0.05) is 19.1 Å². The molecule has 0 radical (unpaired) electrons. The molecule has 2 amide bonds. The Labute approximate surface area is 191 Å². The van der Waals surface area contributed by atoms with Crippen molar-refractivity contribution in [2.75, 3.05) is 7.11 Å². The molecule has 1 fully saturated rings. The van der Waals surface area contributed by atoms with E-state index in [1.165, 1.54) is 7.11 Å². The van der Waals surface area contributed by atoms with Gasteiger partial charge >= 0.3 is 6.09 Å². The number of alkyl carbamates (subject to hydrolysis) is 1. The summed E-state index contributed by atoms with van der Waals surface area (Å²) in [6.07, 6.45) is 2.50. The van der Waals surface area contributed by atoms with Gasteiger partial charge in [0, 0.05) is 11.6 Å². The molecule has 3 N–H and O–H groups in total. The number of nitrogens with zero attached hydrogens (tertiary/aromatic N) is 2. The Morgan fingerprint density at radius 3 is 2.70 bits per heavy atom. The number of pyridine rings is 2. The standard InChI is InChI=1S/C23H29FN4O5/c1-12-10-13(32-20(21(25)29)18(12)28-22(30)33-23(2,3)4)6-7-14-15(24)11-26-16-8-9-17(31-5)27-19(14)16/h6-9,11-13,18,20H,10H2,1-5H3,(H2,25,29)(H,28,30). The molecule has 2 aromatic rings. The van der Waals surface area contributed by atoms with Crippen LogP contribution in [0.1, 0.15) is 39.7 Å². The zero-order valence-electron chi connectivity index (χ0n) is 19.3. The quantitative estimate of drug-likeness (QED) is 0.703. The first kappa shape index (κ1) is 24.4. The number of fused-ring (bicyclic) bond motifs is 1. The molecule has 4 unspecified atom stereocenters. The Bertz CT molecular complexity index is 1070. The van der Waals surface area contributed by atoms with E-state index in [1.807, 2.05) is 6.92 Å². The molecule has 1 aliphatic heterocycles. The molecule has 3 heterocycles. The number of nitrogens with one attached hydrogen (secondary N) is 1. The van der Waals surface area contributed by atoms with Crippen LogP contribution >= 0.6 is 0 Å². The molecular weight excluding hydrogens is 431 g/mol. The van der Waals surface area contributed by atoms with Crippen LogP contribution in [0.5, 0.6) is 5.88 Å². The van der Waals surface area contributed by atoms with Crippen LogP contribution in [-0.2, 0) is 14.3 Å². The number of aromatic nitrogens is 2. The molecule has 33 heavy (non-hydrogen) atoms. The fraction of sp³-hybridized carbons (Fsp3) is 0.478. The molecule has 4 atom stereocenters. The fourth-order valence-electron chi connectivity index (χ4n) is 3.69. The van der Waals surface area contributed by atoms with Crippen LogP contribution in [0.4, 0.5) is 9.18 Å². The van der Waals surface area contributed by atoms with E-state index in [0.29, 0.717) is 23.3 Å². The molecule has 178 valence electrons. The van der Waals surface area contributed by atoms with Gasteiger partial charge in [-0.25, -0.2) is 14.2 Å². The average Bonchev–Trinajstić information content (AvgIpc) is 2.72. The SMILES string of the molecule is COc1ccc2ncc(F)c(C=CC3CC(C)C(NC(=O)OC(C)(C)C)C(C(N)=O)O3)c2n1. The molecule has 9 nitrogen and oxygen atoms in total. The highest BCUT2D eigenvalue weighted by Crippen LogP contribution is 2.28. The van der Waals surface area contributed by atoms with Gasteiger partial charge in [0.05, 0.1) is 31.0 Å². The molecule has 0 aromatic carbocycles. The Hall–Kier alpha value is -3.27. The maximum absolute atomic E-state index is 14.6. The maximum atomic E-state index is 14.6. The summed E-state index contributed by atoms with van der Waals surface area (Å²) < 4.78 is 30.8. The lowest BCUT2D eigenvalue weighted by molar-refractivity contribution is -0.141. The Morgan fingerprint density at radius 1 is 1.33 bits per heavy atom. The van der Waals surface area contributed by atoms with Gasteiger partial charge in [-0.2, -0.15) is 0 Å².